The van der Waals surface area contributed by atoms with Crippen LogP contribution in [-0.4, -0.2) is 10.7 Å². The average Bonchev–Trinajstić information content (AvgIpc) is 1.79. The van der Waals surface area contributed by atoms with Crippen LogP contribution in [0.3, 0.4) is 0 Å². The van der Waals surface area contributed by atoms with E-state index in [0.717, 1.165) is 18.8 Å². The summed E-state index contributed by atoms with van der Waals surface area (Å²) in [6, 6.07) is 0. The van der Waals surface area contributed by atoms with Gasteiger partial charge < -0.3 is 5.11 Å². The predicted molar refractivity (Wildman–Crippen MR) is 47.4 cm³/mol. The molecule has 11 heavy (non-hydrogen) atoms. The summed E-state index contributed by atoms with van der Waals surface area (Å²) in [5.74, 6) is 0.782. The quantitative estimate of drug-likeness (QED) is 0.617. The first kappa shape index (κ1) is 8.79. The number of hydrogen-bond donors (Lipinski definition) is 1. The highest BCUT2D eigenvalue weighted by Crippen LogP contribution is 2.34. The Morgan fingerprint density at radius 2 is 2.27 bits per heavy atom. The van der Waals surface area contributed by atoms with Crippen molar-refractivity contribution in [1.29, 1.82) is 0 Å². The lowest BCUT2D eigenvalue weighted by atomic mass is 9.77. The Morgan fingerprint density at radius 1 is 1.64 bits per heavy atom. The van der Waals surface area contributed by atoms with E-state index in [4.69, 9.17) is 0 Å². The van der Waals surface area contributed by atoms with E-state index in [2.05, 4.69) is 6.58 Å². The zero-order chi connectivity index (χ0) is 8.32. The SMILES string of the molecule is C=CCC(C)(O)CC1CCC1. The third kappa shape index (κ3) is 2.66. The molecule has 1 aliphatic rings. The van der Waals surface area contributed by atoms with E-state index in [1.807, 2.05) is 6.92 Å². The summed E-state index contributed by atoms with van der Waals surface area (Å²) in [5.41, 5.74) is -0.493. The molecule has 1 unspecified atom stereocenters. The van der Waals surface area contributed by atoms with Crippen molar-refractivity contribution in [1.82, 2.24) is 0 Å². The molecular formula is C10H18O. The Kier molecular flexibility index (Phi) is 2.72. The first-order chi connectivity index (χ1) is 5.14. The Labute approximate surface area is 69.1 Å². The highest BCUT2D eigenvalue weighted by atomic mass is 16.3. The highest BCUT2D eigenvalue weighted by Gasteiger charge is 2.27. The maximum absolute atomic E-state index is 9.78. The Morgan fingerprint density at radius 3 is 2.64 bits per heavy atom. The van der Waals surface area contributed by atoms with Crippen LogP contribution in [0.1, 0.15) is 39.0 Å². The van der Waals surface area contributed by atoms with Crippen molar-refractivity contribution in [2.45, 2.75) is 44.6 Å². The summed E-state index contributed by atoms with van der Waals surface area (Å²) >= 11 is 0. The molecule has 1 heteroatoms. The lowest BCUT2D eigenvalue weighted by Crippen LogP contribution is -2.29. The molecular weight excluding hydrogens is 136 g/mol. The van der Waals surface area contributed by atoms with Gasteiger partial charge >= 0.3 is 0 Å². The molecule has 0 heterocycles. The normalized spacial score (nSPS) is 23.8. The fourth-order valence-electron chi connectivity index (χ4n) is 1.71. The first-order valence-corrected chi connectivity index (χ1v) is 4.47. The first-order valence-electron chi connectivity index (χ1n) is 4.47. The number of hydrogen-bond acceptors (Lipinski definition) is 1. The molecule has 0 aromatic heterocycles. The third-order valence-electron chi connectivity index (χ3n) is 2.54. The van der Waals surface area contributed by atoms with E-state index < -0.39 is 5.60 Å². The summed E-state index contributed by atoms with van der Waals surface area (Å²) in [5, 5.41) is 9.78. The molecule has 1 atom stereocenters. The van der Waals surface area contributed by atoms with Crippen LogP contribution in [0.15, 0.2) is 12.7 Å². The van der Waals surface area contributed by atoms with Gasteiger partial charge in [0.2, 0.25) is 0 Å². The average molecular weight is 154 g/mol. The summed E-state index contributed by atoms with van der Waals surface area (Å²) in [7, 11) is 0. The molecule has 0 aliphatic heterocycles. The molecule has 0 aromatic carbocycles. The fourth-order valence-corrected chi connectivity index (χ4v) is 1.71. The van der Waals surface area contributed by atoms with Crippen LogP contribution in [0.25, 0.3) is 0 Å². The van der Waals surface area contributed by atoms with Gasteiger partial charge in [-0.3, -0.25) is 0 Å². The van der Waals surface area contributed by atoms with Gasteiger partial charge in [0.05, 0.1) is 5.60 Å². The van der Waals surface area contributed by atoms with E-state index >= 15 is 0 Å². The second kappa shape index (κ2) is 3.40. The Hall–Kier alpha value is -0.300. The smallest absolute Gasteiger partial charge is 0.0656 e. The maximum Gasteiger partial charge on any atom is 0.0656 e. The van der Waals surface area contributed by atoms with E-state index in [1.165, 1.54) is 19.3 Å². The minimum absolute atomic E-state index is 0.493. The third-order valence-corrected chi connectivity index (χ3v) is 2.54. The predicted octanol–water partition coefficient (Wildman–Crippen LogP) is 2.50. The molecule has 1 rings (SSSR count). The molecule has 0 saturated heterocycles. The minimum Gasteiger partial charge on any atom is -0.390 e. The molecule has 0 aromatic rings. The molecule has 1 saturated carbocycles. The lowest BCUT2D eigenvalue weighted by Gasteiger charge is -2.32. The molecule has 0 bridgehead atoms. The summed E-state index contributed by atoms with van der Waals surface area (Å²) < 4.78 is 0. The van der Waals surface area contributed by atoms with Gasteiger partial charge in [-0.15, -0.1) is 6.58 Å². The van der Waals surface area contributed by atoms with Gasteiger partial charge in [-0.05, 0) is 25.7 Å². The van der Waals surface area contributed by atoms with Gasteiger partial charge in [0.15, 0.2) is 0 Å². The zero-order valence-electron chi connectivity index (χ0n) is 7.34. The van der Waals surface area contributed by atoms with Crippen molar-refractivity contribution in [3.05, 3.63) is 12.7 Å². The van der Waals surface area contributed by atoms with Gasteiger partial charge in [-0.1, -0.05) is 25.3 Å². The Bertz CT molecular complexity index is 134. The van der Waals surface area contributed by atoms with Crippen LogP contribution in [0.4, 0.5) is 0 Å². The maximum atomic E-state index is 9.78. The van der Waals surface area contributed by atoms with Crippen molar-refractivity contribution in [3.8, 4) is 0 Å². The molecule has 0 amide bonds. The highest BCUT2D eigenvalue weighted by molar-refractivity contribution is 4.86. The van der Waals surface area contributed by atoms with Crippen molar-refractivity contribution >= 4 is 0 Å². The lowest BCUT2D eigenvalue weighted by molar-refractivity contribution is 0.0228. The minimum atomic E-state index is -0.493. The zero-order valence-corrected chi connectivity index (χ0v) is 7.34. The second-order valence-electron chi connectivity index (χ2n) is 3.99. The molecule has 1 N–H and O–H groups in total. The standard InChI is InChI=1S/C10H18O/c1-3-7-10(2,11)8-9-5-4-6-9/h3,9,11H,1,4-8H2,2H3. The van der Waals surface area contributed by atoms with Gasteiger partial charge in [0.25, 0.3) is 0 Å². The van der Waals surface area contributed by atoms with E-state index in [1.54, 1.807) is 6.08 Å². The van der Waals surface area contributed by atoms with Gasteiger partial charge in [-0.25, -0.2) is 0 Å². The van der Waals surface area contributed by atoms with Crippen LogP contribution in [0, 0.1) is 5.92 Å². The van der Waals surface area contributed by atoms with Crippen LogP contribution < -0.4 is 0 Å². The Balaban J connectivity index is 2.25. The van der Waals surface area contributed by atoms with Crippen LogP contribution in [0.2, 0.25) is 0 Å². The molecule has 1 aliphatic carbocycles. The van der Waals surface area contributed by atoms with Gasteiger partial charge in [0.1, 0.15) is 0 Å². The van der Waals surface area contributed by atoms with E-state index in [-0.39, 0.29) is 0 Å². The molecule has 64 valence electrons. The molecule has 0 spiro atoms. The monoisotopic (exact) mass is 154 g/mol. The second-order valence-corrected chi connectivity index (χ2v) is 3.99. The van der Waals surface area contributed by atoms with Crippen molar-refractivity contribution in [3.63, 3.8) is 0 Å². The van der Waals surface area contributed by atoms with Crippen LogP contribution in [0.5, 0.6) is 0 Å². The van der Waals surface area contributed by atoms with Crippen molar-refractivity contribution in [2.24, 2.45) is 5.92 Å². The number of aliphatic hydroxyl groups is 1. The van der Waals surface area contributed by atoms with Crippen molar-refractivity contribution < 1.29 is 5.11 Å². The fraction of sp³-hybridized carbons (Fsp3) is 0.800. The summed E-state index contributed by atoms with van der Waals surface area (Å²) in [6.45, 7) is 5.55. The van der Waals surface area contributed by atoms with Gasteiger partial charge in [-0.2, -0.15) is 0 Å². The molecule has 0 radical (unpaired) electrons. The van der Waals surface area contributed by atoms with E-state index in [0.29, 0.717) is 0 Å². The molecule has 1 nitrogen and oxygen atoms in total. The summed E-state index contributed by atoms with van der Waals surface area (Å²) in [4.78, 5) is 0. The number of rotatable bonds is 4. The summed E-state index contributed by atoms with van der Waals surface area (Å²) in [6.07, 6.45) is 7.47. The van der Waals surface area contributed by atoms with Crippen LogP contribution >= 0.6 is 0 Å². The van der Waals surface area contributed by atoms with E-state index in [9.17, 15) is 5.11 Å². The largest absolute Gasteiger partial charge is 0.390 e. The van der Waals surface area contributed by atoms with Crippen molar-refractivity contribution in [2.75, 3.05) is 0 Å². The van der Waals surface area contributed by atoms with Crippen LogP contribution in [-0.2, 0) is 0 Å². The topological polar surface area (TPSA) is 20.2 Å². The van der Waals surface area contributed by atoms with Gasteiger partial charge in [0, 0.05) is 0 Å². The molecule has 1 fully saturated rings.